The molecule has 4 rings (SSSR count). The van der Waals surface area contributed by atoms with Gasteiger partial charge in [-0.05, 0) is 43.2 Å². The fourth-order valence-corrected chi connectivity index (χ4v) is 4.23. The summed E-state index contributed by atoms with van der Waals surface area (Å²) in [5, 5.41) is 21.5. The standard InChI is InChI=1S/C20H19N7OS2/c1-3-17-23-25-19(30-17)22-16(28)12-29-20-26-24-18(14-7-5-9-21-11-14)27(20)15-8-4-6-13(2)10-15/h4-11H,3,12H2,1-2H3,(H,22,25,28). The first-order chi connectivity index (χ1) is 14.6. The van der Waals surface area contributed by atoms with Gasteiger partial charge in [0, 0.05) is 23.6 Å². The van der Waals surface area contributed by atoms with Crippen molar-refractivity contribution in [1.29, 1.82) is 0 Å². The summed E-state index contributed by atoms with van der Waals surface area (Å²) >= 11 is 2.70. The summed E-state index contributed by atoms with van der Waals surface area (Å²) in [6, 6.07) is 11.9. The summed E-state index contributed by atoms with van der Waals surface area (Å²) in [6.45, 7) is 4.03. The van der Waals surface area contributed by atoms with Gasteiger partial charge < -0.3 is 0 Å². The molecular weight excluding hydrogens is 418 g/mol. The van der Waals surface area contributed by atoms with Gasteiger partial charge in [0.05, 0.1) is 5.75 Å². The lowest BCUT2D eigenvalue weighted by atomic mass is 10.2. The van der Waals surface area contributed by atoms with Crippen LogP contribution in [-0.2, 0) is 11.2 Å². The molecule has 0 atom stereocenters. The van der Waals surface area contributed by atoms with Crippen LogP contribution in [0.25, 0.3) is 17.1 Å². The number of aromatic nitrogens is 6. The zero-order valence-electron chi connectivity index (χ0n) is 16.4. The van der Waals surface area contributed by atoms with Gasteiger partial charge in [0.25, 0.3) is 0 Å². The van der Waals surface area contributed by atoms with E-state index in [9.17, 15) is 4.79 Å². The Morgan fingerprint density at radius 1 is 1.17 bits per heavy atom. The summed E-state index contributed by atoms with van der Waals surface area (Å²) < 4.78 is 1.95. The summed E-state index contributed by atoms with van der Waals surface area (Å²) in [4.78, 5) is 16.6. The molecule has 3 heterocycles. The normalized spacial score (nSPS) is 10.9. The molecule has 0 saturated carbocycles. The topological polar surface area (TPSA) is 98.5 Å². The maximum absolute atomic E-state index is 12.4. The minimum Gasteiger partial charge on any atom is -0.300 e. The number of pyridine rings is 1. The number of aryl methyl sites for hydroxylation is 2. The number of benzene rings is 1. The molecule has 10 heteroatoms. The smallest absolute Gasteiger partial charge is 0.236 e. The van der Waals surface area contributed by atoms with Gasteiger partial charge in [-0.3, -0.25) is 19.7 Å². The number of hydrogen-bond donors (Lipinski definition) is 1. The van der Waals surface area contributed by atoms with E-state index in [1.807, 2.05) is 48.7 Å². The lowest BCUT2D eigenvalue weighted by molar-refractivity contribution is -0.113. The van der Waals surface area contributed by atoms with E-state index in [-0.39, 0.29) is 11.7 Å². The quantitative estimate of drug-likeness (QED) is 0.439. The van der Waals surface area contributed by atoms with E-state index in [0.29, 0.717) is 16.1 Å². The van der Waals surface area contributed by atoms with Crippen molar-refractivity contribution in [2.45, 2.75) is 25.4 Å². The number of anilines is 1. The molecule has 0 fully saturated rings. The summed E-state index contributed by atoms with van der Waals surface area (Å²) in [5.41, 5.74) is 2.90. The number of hydrogen-bond acceptors (Lipinski definition) is 8. The van der Waals surface area contributed by atoms with E-state index in [0.717, 1.165) is 28.2 Å². The summed E-state index contributed by atoms with van der Waals surface area (Å²) in [5.74, 6) is 0.687. The molecular formula is C20H19N7OS2. The molecule has 30 heavy (non-hydrogen) atoms. The van der Waals surface area contributed by atoms with Gasteiger partial charge in [0.1, 0.15) is 5.01 Å². The van der Waals surface area contributed by atoms with Crippen molar-refractivity contribution < 1.29 is 4.79 Å². The molecule has 8 nitrogen and oxygen atoms in total. The molecule has 1 amide bonds. The van der Waals surface area contributed by atoms with E-state index in [2.05, 4.69) is 36.8 Å². The minimum atomic E-state index is -0.166. The Bertz CT molecular complexity index is 1160. The molecule has 4 aromatic rings. The summed E-state index contributed by atoms with van der Waals surface area (Å²) in [6.07, 6.45) is 4.26. The van der Waals surface area contributed by atoms with Crippen molar-refractivity contribution in [2.24, 2.45) is 0 Å². The highest BCUT2D eigenvalue weighted by Gasteiger charge is 2.18. The predicted octanol–water partition coefficient (Wildman–Crippen LogP) is 3.78. The van der Waals surface area contributed by atoms with E-state index in [4.69, 9.17) is 0 Å². The molecule has 1 aromatic carbocycles. The summed E-state index contributed by atoms with van der Waals surface area (Å²) in [7, 11) is 0. The lowest BCUT2D eigenvalue weighted by Gasteiger charge is -2.11. The average Bonchev–Trinajstić information content (AvgIpc) is 3.39. The van der Waals surface area contributed by atoms with Crippen molar-refractivity contribution in [3.63, 3.8) is 0 Å². The largest absolute Gasteiger partial charge is 0.300 e. The Balaban J connectivity index is 1.58. The van der Waals surface area contributed by atoms with Gasteiger partial charge in [-0.25, -0.2) is 0 Å². The molecule has 0 saturated heterocycles. The first-order valence-corrected chi connectivity index (χ1v) is 11.1. The monoisotopic (exact) mass is 437 g/mol. The van der Waals surface area contributed by atoms with Crippen LogP contribution in [0, 0.1) is 6.92 Å². The zero-order valence-corrected chi connectivity index (χ0v) is 18.1. The van der Waals surface area contributed by atoms with Crippen LogP contribution in [0.5, 0.6) is 0 Å². The minimum absolute atomic E-state index is 0.166. The average molecular weight is 438 g/mol. The Morgan fingerprint density at radius 3 is 2.80 bits per heavy atom. The number of nitrogens with zero attached hydrogens (tertiary/aromatic N) is 6. The van der Waals surface area contributed by atoms with Crippen LogP contribution in [0.2, 0.25) is 0 Å². The third-order valence-electron chi connectivity index (χ3n) is 4.16. The van der Waals surface area contributed by atoms with Crippen LogP contribution in [0.1, 0.15) is 17.5 Å². The molecule has 0 aliphatic carbocycles. The highest BCUT2D eigenvalue weighted by Crippen LogP contribution is 2.28. The molecule has 0 aliphatic heterocycles. The molecule has 0 aliphatic rings. The van der Waals surface area contributed by atoms with Crippen LogP contribution in [-0.4, -0.2) is 41.6 Å². The first-order valence-electron chi connectivity index (χ1n) is 9.32. The van der Waals surface area contributed by atoms with Gasteiger partial charge in [-0.2, -0.15) is 0 Å². The highest BCUT2D eigenvalue weighted by molar-refractivity contribution is 7.99. The van der Waals surface area contributed by atoms with Crippen LogP contribution in [0.3, 0.4) is 0 Å². The van der Waals surface area contributed by atoms with E-state index >= 15 is 0 Å². The fraction of sp³-hybridized carbons (Fsp3) is 0.200. The van der Waals surface area contributed by atoms with Crippen LogP contribution in [0.15, 0.2) is 53.9 Å². The number of nitrogens with one attached hydrogen (secondary N) is 1. The molecule has 152 valence electrons. The maximum Gasteiger partial charge on any atom is 0.236 e. The Kier molecular flexibility index (Phi) is 6.15. The third kappa shape index (κ3) is 4.55. The van der Waals surface area contributed by atoms with E-state index in [1.165, 1.54) is 23.1 Å². The second kappa shape index (κ2) is 9.14. The second-order valence-electron chi connectivity index (χ2n) is 6.41. The Labute approximate surface area is 181 Å². The van der Waals surface area contributed by atoms with Crippen molar-refractivity contribution >= 4 is 34.1 Å². The van der Waals surface area contributed by atoms with Gasteiger partial charge in [0.15, 0.2) is 11.0 Å². The molecule has 1 N–H and O–H groups in total. The highest BCUT2D eigenvalue weighted by atomic mass is 32.2. The number of carbonyl (C=O) groups is 1. The van der Waals surface area contributed by atoms with Crippen LogP contribution >= 0.6 is 23.1 Å². The van der Waals surface area contributed by atoms with E-state index < -0.39 is 0 Å². The van der Waals surface area contributed by atoms with Crippen molar-refractivity contribution in [3.8, 4) is 17.1 Å². The molecule has 0 bridgehead atoms. The number of rotatable bonds is 7. The van der Waals surface area contributed by atoms with E-state index in [1.54, 1.807) is 12.4 Å². The van der Waals surface area contributed by atoms with Crippen molar-refractivity contribution in [2.75, 3.05) is 11.1 Å². The Hall–Kier alpha value is -3.11. The van der Waals surface area contributed by atoms with Crippen molar-refractivity contribution in [1.82, 2.24) is 29.9 Å². The fourth-order valence-electron chi connectivity index (χ4n) is 2.78. The predicted molar refractivity (Wildman–Crippen MR) is 118 cm³/mol. The number of thioether (sulfide) groups is 1. The lowest BCUT2D eigenvalue weighted by Crippen LogP contribution is -2.14. The third-order valence-corrected chi connectivity index (χ3v) is 6.07. The first kappa shape index (κ1) is 20.2. The van der Waals surface area contributed by atoms with Gasteiger partial charge in [-0.1, -0.05) is 42.2 Å². The maximum atomic E-state index is 12.4. The van der Waals surface area contributed by atoms with Crippen molar-refractivity contribution in [3.05, 3.63) is 59.4 Å². The SMILES string of the molecule is CCc1nnc(NC(=O)CSc2nnc(-c3cccnc3)n2-c2cccc(C)c2)s1. The molecule has 0 unspecified atom stereocenters. The van der Waals surface area contributed by atoms with Crippen LogP contribution < -0.4 is 5.32 Å². The Morgan fingerprint density at radius 2 is 2.07 bits per heavy atom. The molecule has 0 radical (unpaired) electrons. The molecule has 0 spiro atoms. The van der Waals surface area contributed by atoms with Gasteiger partial charge >= 0.3 is 0 Å². The van der Waals surface area contributed by atoms with Gasteiger partial charge in [0.2, 0.25) is 11.0 Å². The number of carbonyl (C=O) groups excluding carboxylic acids is 1. The second-order valence-corrected chi connectivity index (χ2v) is 8.42. The van der Waals surface area contributed by atoms with Gasteiger partial charge in [-0.15, -0.1) is 20.4 Å². The number of amides is 1. The zero-order chi connectivity index (χ0) is 20.9. The molecule has 3 aromatic heterocycles. The van der Waals surface area contributed by atoms with Crippen LogP contribution in [0.4, 0.5) is 5.13 Å².